The number of amides is 1. The molecule has 1 aliphatic rings. The third-order valence-electron chi connectivity index (χ3n) is 2.83. The van der Waals surface area contributed by atoms with Crippen molar-refractivity contribution in [3.63, 3.8) is 0 Å². The van der Waals surface area contributed by atoms with Crippen LogP contribution in [0.3, 0.4) is 0 Å². The van der Waals surface area contributed by atoms with Gasteiger partial charge in [-0.3, -0.25) is 9.59 Å². The Morgan fingerprint density at radius 2 is 2.05 bits per heavy atom. The van der Waals surface area contributed by atoms with Gasteiger partial charge in [0.2, 0.25) is 0 Å². The van der Waals surface area contributed by atoms with Gasteiger partial charge >= 0.3 is 5.97 Å². The van der Waals surface area contributed by atoms with Crippen LogP contribution in [-0.4, -0.2) is 39.5 Å². The van der Waals surface area contributed by atoms with E-state index in [9.17, 15) is 9.59 Å². The van der Waals surface area contributed by atoms with E-state index in [0.29, 0.717) is 0 Å². The number of carbonyl (C=O) groups is 2. The first kappa shape index (κ1) is 14.1. The molecule has 0 atom stereocenters. The highest BCUT2D eigenvalue weighted by Gasteiger charge is 2.34. The summed E-state index contributed by atoms with van der Waals surface area (Å²) in [6.07, 6.45) is 1.66. The van der Waals surface area contributed by atoms with Crippen molar-refractivity contribution in [3.8, 4) is 0 Å². The minimum Gasteiger partial charge on any atom is -0.481 e. The Morgan fingerprint density at radius 3 is 2.63 bits per heavy atom. The molecule has 19 heavy (non-hydrogen) atoms. The van der Waals surface area contributed by atoms with Gasteiger partial charge in [-0.25, -0.2) is 4.98 Å². The summed E-state index contributed by atoms with van der Waals surface area (Å²) in [4.78, 5) is 28.4. The largest absolute Gasteiger partial charge is 0.481 e. The molecule has 5 nitrogen and oxygen atoms in total. The molecule has 102 valence electrons. The number of carboxylic acid groups (broad SMARTS) is 1. The van der Waals surface area contributed by atoms with Crippen LogP contribution in [0.1, 0.15) is 29.8 Å². The van der Waals surface area contributed by atoms with Gasteiger partial charge in [-0.1, -0.05) is 23.2 Å². The van der Waals surface area contributed by atoms with E-state index >= 15 is 0 Å². The number of rotatable bonds is 5. The molecule has 1 saturated carbocycles. The molecule has 2 rings (SSSR count). The topological polar surface area (TPSA) is 70.5 Å². The van der Waals surface area contributed by atoms with Crippen LogP contribution in [0.4, 0.5) is 0 Å². The molecule has 1 aromatic heterocycles. The van der Waals surface area contributed by atoms with Crippen LogP contribution in [0, 0.1) is 0 Å². The normalized spacial score (nSPS) is 14.2. The molecule has 0 saturated heterocycles. The van der Waals surface area contributed by atoms with Crippen molar-refractivity contribution >= 4 is 35.1 Å². The summed E-state index contributed by atoms with van der Waals surface area (Å²) >= 11 is 11.7. The molecule has 0 aliphatic heterocycles. The zero-order valence-electron chi connectivity index (χ0n) is 9.97. The van der Waals surface area contributed by atoms with Crippen molar-refractivity contribution in [3.05, 3.63) is 28.0 Å². The quantitative estimate of drug-likeness (QED) is 0.848. The molecule has 1 fully saturated rings. The third kappa shape index (κ3) is 3.58. The van der Waals surface area contributed by atoms with Crippen molar-refractivity contribution in [2.24, 2.45) is 0 Å². The third-order valence-corrected chi connectivity index (χ3v) is 3.35. The number of carbonyl (C=O) groups excluding carboxylic acids is 1. The Morgan fingerprint density at radius 1 is 1.37 bits per heavy atom. The molecular formula is C12H12Cl2N2O3. The Kier molecular flexibility index (Phi) is 4.27. The first-order chi connectivity index (χ1) is 8.99. The molecule has 7 heteroatoms. The van der Waals surface area contributed by atoms with Crippen LogP contribution >= 0.6 is 23.2 Å². The lowest BCUT2D eigenvalue weighted by Gasteiger charge is -2.21. The lowest BCUT2D eigenvalue weighted by molar-refractivity contribution is -0.137. The molecule has 1 N–H and O–H groups in total. The Balaban J connectivity index is 2.18. The maximum atomic E-state index is 12.3. The number of pyridine rings is 1. The number of carboxylic acids is 1. The van der Waals surface area contributed by atoms with Crippen LogP contribution in [0.25, 0.3) is 0 Å². The summed E-state index contributed by atoms with van der Waals surface area (Å²) in [5.74, 6) is -1.31. The number of aromatic nitrogens is 1. The van der Waals surface area contributed by atoms with Crippen molar-refractivity contribution < 1.29 is 14.7 Å². The van der Waals surface area contributed by atoms with Gasteiger partial charge in [0, 0.05) is 12.6 Å². The van der Waals surface area contributed by atoms with Gasteiger partial charge in [0.15, 0.2) is 0 Å². The summed E-state index contributed by atoms with van der Waals surface area (Å²) < 4.78 is 0. The summed E-state index contributed by atoms with van der Waals surface area (Å²) in [7, 11) is 0. The second kappa shape index (κ2) is 5.75. The molecule has 0 bridgehead atoms. The number of nitrogens with zero attached hydrogens (tertiary/aromatic N) is 2. The number of aliphatic carboxylic acids is 1. The van der Waals surface area contributed by atoms with Crippen molar-refractivity contribution in [2.45, 2.75) is 25.3 Å². The fourth-order valence-corrected chi connectivity index (χ4v) is 2.09. The van der Waals surface area contributed by atoms with E-state index in [0.717, 1.165) is 12.8 Å². The van der Waals surface area contributed by atoms with E-state index in [-0.39, 0.29) is 40.8 Å². The van der Waals surface area contributed by atoms with Crippen LogP contribution in [0.2, 0.25) is 10.2 Å². The van der Waals surface area contributed by atoms with E-state index in [2.05, 4.69) is 4.98 Å². The van der Waals surface area contributed by atoms with Crippen LogP contribution in [0.5, 0.6) is 0 Å². The van der Waals surface area contributed by atoms with Gasteiger partial charge in [0.1, 0.15) is 10.8 Å². The summed E-state index contributed by atoms with van der Waals surface area (Å²) in [5.41, 5.74) is 0.0754. The smallest absolute Gasteiger partial charge is 0.305 e. The molecule has 1 aliphatic carbocycles. The second-order valence-electron chi connectivity index (χ2n) is 4.34. The van der Waals surface area contributed by atoms with Crippen molar-refractivity contribution in [1.82, 2.24) is 9.88 Å². The van der Waals surface area contributed by atoms with Crippen LogP contribution < -0.4 is 0 Å². The monoisotopic (exact) mass is 302 g/mol. The van der Waals surface area contributed by atoms with E-state index < -0.39 is 5.97 Å². The summed E-state index contributed by atoms with van der Waals surface area (Å²) in [5, 5.41) is 9.11. The molecule has 0 unspecified atom stereocenters. The maximum absolute atomic E-state index is 12.3. The number of halogens is 2. The molecule has 1 amide bonds. The maximum Gasteiger partial charge on any atom is 0.305 e. The highest BCUT2D eigenvalue weighted by molar-refractivity contribution is 6.34. The van der Waals surface area contributed by atoms with Gasteiger partial charge in [-0.15, -0.1) is 0 Å². The van der Waals surface area contributed by atoms with E-state index in [1.807, 2.05) is 0 Å². The minimum absolute atomic E-state index is 0.0754. The Bertz CT molecular complexity index is 518. The lowest BCUT2D eigenvalue weighted by Crippen LogP contribution is -2.35. The Labute approximate surface area is 120 Å². The first-order valence-corrected chi connectivity index (χ1v) is 6.59. The van der Waals surface area contributed by atoms with Crippen molar-refractivity contribution in [1.29, 1.82) is 0 Å². The summed E-state index contributed by atoms with van der Waals surface area (Å²) in [6.45, 7) is 0.156. The SMILES string of the molecule is O=C(O)CCN(C(=O)c1nc(Cl)ccc1Cl)C1CC1. The zero-order valence-corrected chi connectivity index (χ0v) is 11.5. The predicted octanol–water partition coefficient (Wildman–Crippen LogP) is 2.47. The van der Waals surface area contributed by atoms with Gasteiger partial charge in [-0.05, 0) is 25.0 Å². The average Bonchev–Trinajstić information content (AvgIpc) is 3.16. The number of hydrogen-bond donors (Lipinski definition) is 1. The van der Waals surface area contributed by atoms with Gasteiger partial charge in [0.25, 0.3) is 5.91 Å². The molecule has 0 aromatic carbocycles. The Hall–Kier alpha value is -1.33. The van der Waals surface area contributed by atoms with E-state index in [1.54, 1.807) is 0 Å². The van der Waals surface area contributed by atoms with Gasteiger partial charge in [0.05, 0.1) is 11.4 Å². The zero-order chi connectivity index (χ0) is 14.0. The fourth-order valence-electron chi connectivity index (χ4n) is 1.76. The van der Waals surface area contributed by atoms with Crippen molar-refractivity contribution in [2.75, 3.05) is 6.54 Å². The van der Waals surface area contributed by atoms with Gasteiger partial charge < -0.3 is 10.0 Å². The van der Waals surface area contributed by atoms with E-state index in [1.165, 1.54) is 17.0 Å². The molecule has 1 aromatic rings. The highest BCUT2D eigenvalue weighted by Crippen LogP contribution is 2.29. The predicted molar refractivity (Wildman–Crippen MR) is 70.6 cm³/mol. The van der Waals surface area contributed by atoms with Gasteiger partial charge in [-0.2, -0.15) is 0 Å². The number of hydrogen-bond acceptors (Lipinski definition) is 3. The van der Waals surface area contributed by atoms with Crippen LogP contribution in [-0.2, 0) is 4.79 Å². The first-order valence-electron chi connectivity index (χ1n) is 5.84. The molecule has 0 spiro atoms. The standard InChI is InChI=1S/C12H12Cl2N2O3/c13-8-3-4-9(14)15-11(8)12(19)16(7-1-2-7)6-5-10(17)18/h3-4,7H,1-2,5-6H2,(H,17,18). The minimum atomic E-state index is -0.941. The fraction of sp³-hybridized carbons (Fsp3) is 0.417. The second-order valence-corrected chi connectivity index (χ2v) is 5.13. The lowest BCUT2D eigenvalue weighted by atomic mass is 10.2. The van der Waals surface area contributed by atoms with Crippen LogP contribution in [0.15, 0.2) is 12.1 Å². The molecular weight excluding hydrogens is 291 g/mol. The van der Waals surface area contributed by atoms with E-state index in [4.69, 9.17) is 28.3 Å². The molecule has 0 radical (unpaired) electrons. The average molecular weight is 303 g/mol. The molecule has 1 heterocycles. The highest BCUT2D eigenvalue weighted by atomic mass is 35.5. The summed E-state index contributed by atoms with van der Waals surface area (Å²) in [6, 6.07) is 3.09.